The maximum Gasteiger partial charge on any atom is 0.240 e. The van der Waals surface area contributed by atoms with Crippen LogP contribution in [0.3, 0.4) is 0 Å². The molecule has 0 atom stereocenters. The minimum Gasteiger partial charge on any atom is -0.264 e. The van der Waals surface area contributed by atoms with E-state index < -0.39 is 15.8 Å². The third-order valence-electron chi connectivity index (χ3n) is 2.31. The maximum absolute atomic E-state index is 12.7. The summed E-state index contributed by atoms with van der Waals surface area (Å²) in [4.78, 5) is 3.92. The number of halogens is 1. The molecule has 1 heterocycles. The molecule has 0 saturated carbocycles. The standard InChI is InChI=1S/C12H11FN2O2S/c13-11-3-5-12(6-4-11)18(16,17)15-9-10-2-1-7-14-8-10/h1-8,15H,9H2. The lowest BCUT2D eigenvalue weighted by Crippen LogP contribution is -2.23. The van der Waals surface area contributed by atoms with Crippen molar-refractivity contribution >= 4 is 10.0 Å². The summed E-state index contributed by atoms with van der Waals surface area (Å²) in [6.07, 6.45) is 3.19. The molecule has 0 unspecified atom stereocenters. The molecule has 0 radical (unpaired) electrons. The average Bonchev–Trinajstić information content (AvgIpc) is 2.38. The summed E-state index contributed by atoms with van der Waals surface area (Å²) in [6, 6.07) is 8.15. The average molecular weight is 266 g/mol. The summed E-state index contributed by atoms with van der Waals surface area (Å²) in [7, 11) is -3.62. The van der Waals surface area contributed by atoms with E-state index in [1.165, 1.54) is 12.1 Å². The van der Waals surface area contributed by atoms with E-state index in [4.69, 9.17) is 0 Å². The molecule has 18 heavy (non-hydrogen) atoms. The number of pyridine rings is 1. The first-order valence-electron chi connectivity index (χ1n) is 5.22. The van der Waals surface area contributed by atoms with Crippen molar-refractivity contribution in [2.24, 2.45) is 0 Å². The number of aromatic nitrogens is 1. The van der Waals surface area contributed by atoms with Crippen LogP contribution < -0.4 is 4.72 Å². The molecule has 0 saturated heterocycles. The summed E-state index contributed by atoms with van der Waals surface area (Å²) in [5, 5.41) is 0. The van der Waals surface area contributed by atoms with E-state index in [9.17, 15) is 12.8 Å². The van der Waals surface area contributed by atoms with Crippen LogP contribution in [-0.2, 0) is 16.6 Å². The summed E-state index contributed by atoms with van der Waals surface area (Å²) in [5.74, 6) is -0.471. The molecule has 0 aliphatic carbocycles. The number of nitrogens with one attached hydrogen (secondary N) is 1. The molecule has 0 fully saturated rings. The fourth-order valence-electron chi connectivity index (χ4n) is 1.38. The van der Waals surface area contributed by atoms with Gasteiger partial charge in [0.15, 0.2) is 0 Å². The quantitative estimate of drug-likeness (QED) is 0.916. The summed E-state index contributed by atoms with van der Waals surface area (Å²) >= 11 is 0. The topological polar surface area (TPSA) is 59.1 Å². The number of nitrogens with zero attached hydrogens (tertiary/aromatic N) is 1. The molecule has 6 heteroatoms. The molecule has 2 rings (SSSR count). The van der Waals surface area contributed by atoms with Gasteiger partial charge in [-0.05, 0) is 35.9 Å². The molecule has 1 aromatic carbocycles. The van der Waals surface area contributed by atoms with Crippen molar-refractivity contribution in [1.29, 1.82) is 0 Å². The lowest BCUT2D eigenvalue weighted by molar-refractivity contribution is 0.580. The van der Waals surface area contributed by atoms with E-state index in [0.717, 1.165) is 17.7 Å². The van der Waals surface area contributed by atoms with Crippen molar-refractivity contribution in [3.8, 4) is 0 Å². The van der Waals surface area contributed by atoms with Gasteiger partial charge in [-0.25, -0.2) is 17.5 Å². The highest BCUT2D eigenvalue weighted by atomic mass is 32.2. The van der Waals surface area contributed by atoms with E-state index in [1.807, 2.05) is 0 Å². The Balaban J connectivity index is 2.11. The molecule has 4 nitrogen and oxygen atoms in total. The van der Waals surface area contributed by atoms with Crippen LogP contribution in [0.4, 0.5) is 4.39 Å². The Morgan fingerprint density at radius 3 is 2.50 bits per heavy atom. The second-order valence-corrected chi connectivity index (χ2v) is 5.41. The van der Waals surface area contributed by atoms with Gasteiger partial charge in [0.05, 0.1) is 4.90 Å². The van der Waals surface area contributed by atoms with Crippen molar-refractivity contribution in [3.63, 3.8) is 0 Å². The molecular formula is C12H11FN2O2S. The Kier molecular flexibility index (Phi) is 3.69. The van der Waals surface area contributed by atoms with Crippen molar-refractivity contribution in [3.05, 3.63) is 60.2 Å². The number of hydrogen-bond donors (Lipinski definition) is 1. The monoisotopic (exact) mass is 266 g/mol. The summed E-state index contributed by atoms with van der Waals surface area (Å²) in [5.41, 5.74) is 0.753. The van der Waals surface area contributed by atoms with Crippen LogP contribution in [0.1, 0.15) is 5.56 Å². The smallest absolute Gasteiger partial charge is 0.240 e. The highest BCUT2D eigenvalue weighted by Crippen LogP contribution is 2.10. The predicted molar refractivity (Wildman–Crippen MR) is 64.7 cm³/mol. The zero-order valence-electron chi connectivity index (χ0n) is 9.38. The highest BCUT2D eigenvalue weighted by molar-refractivity contribution is 7.89. The van der Waals surface area contributed by atoms with Gasteiger partial charge in [-0.3, -0.25) is 4.98 Å². The SMILES string of the molecule is O=S(=O)(NCc1cccnc1)c1ccc(F)cc1. The minimum atomic E-state index is -3.62. The highest BCUT2D eigenvalue weighted by Gasteiger charge is 2.13. The molecule has 0 amide bonds. The summed E-state index contributed by atoms with van der Waals surface area (Å²) < 4.78 is 38.8. The van der Waals surface area contributed by atoms with Crippen LogP contribution in [0, 0.1) is 5.82 Å². The van der Waals surface area contributed by atoms with Gasteiger partial charge in [-0.15, -0.1) is 0 Å². The van der Waals surface area contributed by atoms with Crippen LogP contribution in [0.25, 0.3) is 0 Å². The summed E-state index contributed by atoms with van der Waals surface area (Å²) in [6.45, 7) is 0.146. The van der Waals surface area contributed by atoms with Gasteiger partial charge >= 0.3 is 0 Å². The molecule has 2 aromatic rings. The van der Waals surface area contributed by atoms with E-state index in [1.54, 1.807) is 24.5 Å². The number of hydrogen-bond acceptors (Lipinski definition) is 3. The van der Waals surface area contributed by atoms with Crippen molar-refractivity contribution in [1.82, 2.24) is 9.71 Å². The first kappa shape index (κ1) is 12.7. The molecule has 0 spiro atoms. The molecular weight excluding hydrogens is 255 g/mol. The Bertz CT molecular complexity index is 612. The van der Waals surface area contributed by atoms with E-state index in [2.05, 4.69) is 9.71 Å². The van der Waals surface area contributed by atoms with Crippen LogP contribution in [0.15, 0.2) is 53.7 Å². The zero-order chi connectivity index (χ0) is 13.0. The van der Waals surface area contributed by atoms with Gasteiger partial charge in [0.2, 0.25) is 10.0 Å². The lowest BCUT2D eigenvalue weighted by Gasteiger charge is -2.06. The van der Waals surface area contributed by atoms with Crippen molar-refractivity contribution < 1.29 is 12.8 Å². The number of benzene rings is 1. The van der Waals surface area contributed by atoms with Crippen LogP contribution in [-0.4, -0.2) is 13.4 Å². The van der Waals surface area contributed by atoms with Crippen LogP contribution >= 0.6 is 0 Å². The van der Waals surface area contributed by atoms with Crippen LogP contribution in [0.5, 0.6) is 0 Å². The second-order valence-electron chi connectivity index (χ2n) is 3.64. The third-order valence-corrected chi connectivity index (χ3v) is 3.73. The molecule has 94 valence electrons. The number of rotatable bonds is 4. The van der Waals surface area contributed by atoms with Gasteiger partial charge in [-0.1, -0.05) is 6.07 Å². The second kappa shape index (κ2) is 5.24. The first-order valence-corrected chi connectivity index (χ1v) is 6.70. The fourth-order valence-corrected chi connectivity index (χ4v) is 2.40. The Labute approximate surface area is 105 Å². The van der Waals surface area contributed by atoms with Crippen LogP contribution in [0.2, 0.25) is 0 Å². The molecule has 0 aliphatic rings. The molecule has 0 bridgehead atoms. The van der Waals surface area contributed by atoms with Crippen molar-refractivity contribution in [2.75, 3.05) is 0 Å². The van der Waals surface area contributed by atoms with Gasteiger partial charge in [0, 0.05) is 18.9 Å². The lowest BCUT2D eigenvalue weighted by atomic mass is 10.3. The van der Waals surface area contributed by atoms with E-state index in [0.29, 0.717) is 0 Å². The molecule has 0 aliphatic heterocycles. The molecule has 1 N–H and O–H groups in total. The third kappa shape index (κ3) is 3.12. The Morgan fingerprint density at radius 1 is 1.17 bits per heavy atom. The first-order chi connectivity index (χ1) is 8.58. The minimum absolute atomic E-state index is 0.0350. The van der Waals surface area contributed by atoms with E-state index in [-0.39, 0.29) is 11.4 Å². The normalized spacial score (nSPS) is 11.4. The maximum atomic E-state index is 12.7. The van der Waals surface area contributed by atoms with Crippen molar-refractivity contribution in [2.45, 2.75) is 11.4 Å². The Hall–Kier alpha value is -1.79. The predicted octanol–water partition coefficient (Wildman–Crippen LogP) is 1.70. The van der Waals surface area contributed by atoms with Gasteiger partial charge < -0.3 is 0 Å². The fraction of sp³-hybridized carbons (Fsp3) is 0.0833. The largest absolute Gasteiger partial charge is 0.264 e. The van der Waals surface area contributed by atoms with Gasteiger partial charge in [0.1, 0.15) is 5.82 Å². The number of sulfonamides is 1. The van der Waals surface area contributed by atoms with E-state index >= 15 is 0 Å². The van der Waals surface area contributed by atoms with Gasteiger partial charge in [0.25, 0.3) is 0 Å². The zero-order valence-corrected chi connectivity index (χ0v) is 10.2. The molecule has 1 aromatic heterocycles. The van der Waals surface area contributed by atoms with Gasteiger partial charge in [-0.2, -0.15) is 0 Å². The Morgan fingerprint density at radius 2 is 1.89 bits per heavy atom.